The highest BCUT2D eigenvalue weighted by Crippen LogP contribution is 2.38. The van der Waals surface area contributed by atoms with Crippen LogP contribution in [0.3, 0.4) is 0 Å². The lowest BCUT2D eigenvalue weighted by Crippen LogP contribution is -2.51. The minimum absolute atomic E-state index is 0.0128. The summed E-state index contributed by atoms with van der Waals surface area (Å²) in [6, 6.07) is 4.03. The number of aryl methyl sites for hydroxylation is 2. The topological polar surface area (TPSA) is 90.9 Å². The monoisotopic (exact) mass is 556 g/mol. The van der Waals surface area contributed by atoms with Gasteiger partial charge in [0.15, 0.2) is 0 Å². The normalized spacial score (nSPS) is 24.4. The van der Waals surface area contributed by atoms with Crippen LogP contribution in [0.15, 0.2) is 17.1 Å². The standard InChI is InChI=1S/C27H39F3N4O3S/c1-18-16-22(31-3)17-19(2)23(18)9-15-38(36,37)34-13-11-26(12-14-34)25(35)32-24(33-26)21-6-4-20(5-7-21)8-10-27(28,29)30/h16-17,20-21,31H,4-15H2,1-3H3,(H,32,33,35). The van der Waals surface area contributed by atoms with E-state index in [2.05, 4.69) is 10.6 Å². The van der Waals surface area contributed by atoms with Gasteiger partial charge >= 0.3 is 6.18 Å². The number of amides is 1. The van der Waals surface area contributed by atoms with Crippen molar-refractivity contribution in [2.24, 2.45) is 16.8 Å². The molecule has 212 valence electrons. The number of nitrogens with one attached hydrogen (secondary N) is 2. The van der Waals surface area contributed by atoms with E-state index < -0.39 is 28.2 Å². The Labute approximate surface area is 223 Å². The van der Waals surface area contributed by atoms with Gasteiger partial charge in [0.25, 0.3) is 5.91 Å². The van der Waals surface area contributed by atoms with Crippen molar-refractivity contribution in [1.82, 2.24) is 9.62 Å². The Morgan fingerprint density at radius 2 is 1.71 bits per heavy atom. The number of hydrogen-bond donors (Lipinski definition) is 2. The highest BCUT2D eigenvalue weighted by atomic mass is 32.2. The van der Waals surface area contributed by atoms with E-state index in [1.807, 2.05) is 33.0 Å². The fraction of sp³-hybridized carbons (Fsp3) is 0.704. The molecule has 1 spiro atoms. The zero-order chi connectivity index (χ0) is 27.7. The molecule has 7 nitrogen and oxygen atoms in total. The van der Waals surface area contributed by atoms with Gasteiger partial charge in [0, 0.05) is 38.2 Å². The minimum atomic E-state index is -4.12. The number of carbonyl (C=O) groups excluding carboxylic acids is 1. The second-order valence-electron chi connectivity index (χ2n) is 11.2. The Kier molecular flexibility index (Phi) is 8.47. The zero-order valence-corrected chi connectivity index (χ0v) is 23.3. The van der Waals surface area contributed by atoms with E-state index >= 15 is 0 Å². The summed E-state index contributed by atoms with van der Waals surface area (Å²) < 4.78 is 65.4. The molecule has 3 aliphatic rings. The average Bonchev–Trinajstić information content (AvgIpc) is 3.17. The van der Waals surface area contributed by atoms with E-state index in [-0.39, 0.29) is 43.0 Å². The molecule has 1 aromatic carbocycles. The first-order valence-corrected chi connectivity index (χ1v) is 15.2. The first-order valence-electron chi connectivity index (χ1n) is 13.6. The molecule has 0 aromatic heterocycles. The number of benzene rings is 1. The summed E-state index contributed by atoms with van der Waals surface area (Å²) in [5.41, 5.74) is 3.21. The molecule has 2 N–H and O–H groups in total. The number of nitrogens with zero attached hydrogens (tertiary/aromatic N) is 2. The Morgan fingerprint density at radius 3 is 2.26 bits per heavy atom. The largest absolute Gasteiger partial charge is 0.389 e. The number of aliphatic imine (C=N–C) groups is 1. The number of alkyl halides is 3. The molecule has 0 radical (unpaired) electrons. The molecule has 1 aromatic rings. The van der Waals surface area contributed by atoms with Crippen LogP contribution in [0.4, 0.5) is 18.9 Å². The van der Waals surface area contributed by atoms with Gasteiger partial charge in [-0.2, -0.15) is 13.2 Å². The van der Waals surface area contributed by atoms with Crippen LogP contribution in [0, 0.1) is 25.7 Å². The van der Waals surface area contributed by atoms with Crippen molar-refractivity contribution >= 4 is 27.5 Å². The first kappa shape index (κ1) is 28.9. The van der Waals surface area contributed by atoms with Crippen molar-refractivity contribution in [2.75, 3.05) is 31.2 Å². The minimum Gasteiger partial charge on any atom is -0.388 e. The van der Waals surface area contributed by atoms with Gasteiger partial charge in [0.1, 0.15) is 11.4 Å². The van der Waals surface area contributed by atoms with Crippen LogP contribution in [0.2, 0.25) is 0 Å². The lowest BCUT2D eigenvalue weighted by Gasteiger charge is -2.34. The highest BCUT2D eigenvalue weighted by molar-refractivity contribution is 7.89. The molecule has 1 amide bonds. The van der Waals surface area contributed by atoms with Gasteiger partial charge in [-0.1, -0.05) is 0 Å². The molecule has 0 unspecified atom stereocenters. The number of rotatable bonds is 8. The Bertz CT molecular complexity index is 1140. The van der Waals surface area contributed by atoms with Crippen LogP contribution < -0.4 is 10.6 Å². The van der Waals surface area contributed by atoms with Gasteiger partial charge < -0.3 is 10.6 Å². The SMILES string of the molecule is CNc1cc(C)c(CCS(=O)(=O)N2CCC3(CC2)N=C(C2CCC(CCC(F)(F)F)CC2)NC3=O)c(C)c1. The van der Waals surface area contributed by atoms with Crippen molar-refractivity contribution in [3.8, 4) is 0 Å². The fourth-order valence-corrected chi connectivity index (χ4v) is 7.65. The number of amidine groups is 1. The summed E-state index contributed by atoms with van der Waals surface area (Å²) in [6.45, 7) is 4.47. The maximum atomic E-state index is 13.2. The molecule has 1 saturated heterocycles. The molecule has 2 heterocycles. The van der Waals surface area contributed by atoms with Crippen LogP contribution >= 0.6 is 0 Å². The summed E-state index contributed by atoms with van der Waals surface area (Å²) in [7, 11) is -1.64. The van der Waals surface area contributed by atoms with Gasteiger partial charge in [-0.05, 0) is 100.0 Å². The average molecular weight is 557 g/mol. The molecule has 1 aliphatic carbocycles. The number of carbonyl (C=O) groups is 1. The fourth-order valence-electron chi connectivity index (χ4n) is 6.19. The van der Waals surface area contributed by atoms with Crippen LogP contribution in [0.5, 0.6) is 0 Å². The summed E-state index contributed by atoms with van der Waals surface area (Å²) in [4.78, 5) is 17.7. The Balaban J connectivity index is 1.32. The molecule has 11 heteroatoms. The summed E-state index contributed by atoms with van der Waals surface area (Å²) in [6.07, 6.45) is -0.789. The quantitative estimate of drug-likeness (QED) is 0.485. The molecule has 0 atom stereocenters. The predicted molar refractivity (Wildman–Crippen MR) is 143 cm³/mol. The Hall–Kier alpha value is -2.14. The van der Waals surface area contributed by atoms with E-state index in [4.69, 9.17) is 4.99 Å². The van der Waals surface area contributed by atoms with E-state index in [1.54, 1.807) is 0 Å². The van der Waals surface area contributed by atoms with E-state index in [0.717, 1.165) is 22.4 Å². The molecular weight excluding hydrogens is 517 g/mol. The predicted octanol–water partition coefficient (Wildman–Crippen LogP) is 4.73. The van der Waals surface area contributed by atoms with Crippen LogP contribution in [-0.2, 0) is 21.2 Å². The second kappa shape index (κ2) is 11.2. The van der Waals surface area contributed by atoms with Crippen molar-refractivity contribution in [2.45, 2.75) is 83.4 Å². The lowest BCUT2D eigenvalue weighted by molar-refractivity contribution is -0.138. The third-order valence-electron chi connectivity index (χ3n) is 8.61. The maximum Gasteiger partial charge on any atom is 0.389 e. The molecular formula is C27H39F3N4O3S. The van der Waals surface area contributed by atoms with Crippen LogP contribution in [0.25, 0.3) is 0 Å². The van der Waals surface area contributed by atoms with Crippen LogP contribution in [0.1, 0.15) is 68.1 Å². The van der Waals surface area contributed by atoms with Crippen LogP contribution in [-0.4, -0.2) is 62.1 Å². The van der Waals surface area contributed by atoms with Gasteiger partial charge in [0.2, 0.25) is 10.0 Å². The first-order chi connectivity index (χ1) is 17.8. The van der Waals surface area contributed by atoms with Crippen molar-refractivity contribution in [3.05, 3.63) is 28.8 Å². The number of piperidine rings is 1. The number of halogens is 3. The molecule has 2 aliphatic heterocycles. The summed E-state index contributed by atoms with van der Waals surface area (Å²) in [5, 5.41) is 6.05. The Morgan fingerprint density at radius 1 is 1.11 bits per heavy atom. The molecule has 4 rings (SSSR count). The van der Waals surface area contributed by atoms with Gasteiger partial charge in [-0.15, -0.1) is 0 Å². The van der Waals surface area contributed by atoms with Gasteiger partial charge in [0.05, 0.1) is 5.75 Å². The molecule has 1 saturated carbocycles. The molecule has 0 bridgehead atoms. The maximum absolute atomic E-state index is 13.2. The summed E-state index contributed by atoms with van der Waals surface area (Å²) >= 11 is 0. The van der Waals surface area contributed by atoms with E-state index in [0.29, 0.717) is 50.8 Å². The third-order valence-corrected chi connectivity index (χ3v) is 10.5. The lowest BCUT2D eigenvalue weighted by atomic mass is 9.79. The molecule has 2 fully saturated rings. The van der Waals surface area contributed by atoms with Gasteiger partial charge in [-0.3, -0.25) is 9.79 Å². The summed E-state index contributed by atoms with van der Waals surface area (Å²) in [5.74, 6) is 0.569. The highest BCUT2D eigenvalue weighted by Gasteiger charge is 2.48. The van der Waals surface area contributed by atoms with Crippen molar-refractivity contribution in [1.29, 1.82) is 0 Å². The van der Waals surface area contributed by atoms with Gasteiger partial charge in [-0.25, -0.2) is 12.7 Å². The number of hydrogen-bond acceptors (Lipinski definition) is 5. The number of anilines is 1. The number of sulfonamides is 1. The van der Waals surface area contributed by atoms with Crippen molar-refractivity contribution in [3.63, 3.8) is 0 Å². The third kappa shape index (κ3) is 6.52. The molecule has 38 heavy (non-hydrogen) atoms. The smallest absolute Gasteiger partial charge is 0.388 e. The van der Waals surface area contributed by atoms with Crippen molar-refractivity contribution < 1.29 is 26.4 Å². The zero-order valence-electron chi connectivity index (χ0n) is 22.5. The second-order valence-corrected chi connectivity index (χ2v) is 13.2. The van der Waals surface area contributed by atoms with E-state index in [1.165, 1.54) is 4.31 Å². The van der Waals surface area contributed by atoms with E-state index in [9.17, 15) is 26.4 Å².